The predicted octanol–water partition coefficient (Wildman–Crippen LogP) is 6.47. The molecule has 1 atom stereocenters. The molecule has 4 aromatic rings. The molecule has 0 saturated carbocycles. The molecule has 5 rings (SSSR count). The average Bonchev–Trinajstić information content (AvgIpc) is 3.36. The number of nitrogens with one attached hydrogen (secondary N) is 2. The van der Waals surface area contributed by atoms with E-state index in [2.05, 4.69) is 26.6 Å². The number of esters is 1. The Hall–Kier alpha value is -5.20. The molecule has 12 heteroatoms. The number of imide groups is 1. The highest BCUT2D eigenvalue weighted by atomic mass is 79.9. The molecule has 1 unspecified atom stereocenters. The van der Waals surface area contributed by atoms with E-state index >= 15 is 0 Å². The molecular weight excluding hydrogens is 698 g/mol. The van der Waals surface area contributed by atoms with Gasteiger partial charge >= 0.3 is 5.97 Å². The lowest BCUT2D eigenvalue weighted by Crippen LogP contribution is -2.31. The smallest absolute Gasteiger partial charge is 0.338 e. The number of nitrogens with zero attached hydrogens (tertiary/aromatic N) is 1. The number of ether oxygens (including phenoxy) is 2. The van der Waals surface area contributed by atoms with Crippen molar-refractivity contribution in [2.45, 2.75) is 23.5 Å². The fourth-order valence-electron chi connectivity index (χ4n) is 4.85. The van der Waals surface area contributed by atoms with Crippen molar-refractivity contribution in [1.29, 1.82) is 0 Å². The second-order valence-corrected chi connectivity index (χ2v) is 12.6. The van der Waals surface area contributed by atoms with Gasteiger partial charge in [0.05, 0.1) is 30.2 Å². The van der Waals surface area contributed by atoms with Gasteiger partial charge < -0.3 is 20.1 Å². The van der Waals surface area contributed by atoms with Gasteiger partial charge in [-0.3, -0.25) is 19.2 Å². The molecule has 1 heterocycles. The van der Waals surface area contributed by atoms with E-state index in [0.717, 1.165) is 9.37 Å². The zero-order chi connectivity index (χ0) is 34.2. The zero-order valence-corrected chi connectivity index (χ0v) is 28.3. The lowest BCUT2D eigenvalue weighted by atomic mass is 10.1. The molecule has 0 spiro atoms. The van der Waals surface area contributed by atoms with Gasteiger partial charge in [0.15, 0.2) is 0 Å². The summed E-state index contributed by atoms with van der Waals surface area (Å²) in [5.41, 5.74) is 1.99. The summed E-state index contributed by atoms with van der Waals surface area (Å²) in [7, 11) is 1.51. The van der Waals surface area contributed by atoms with Crippen LogP contribution in [0, 0.1) is 0 Å². The van der Waals surface area contributed by atoms with Crippen LogP contribution in [0.2, 0.25) is 0 Å². The molecule has 0 aromatic heterocycles. The minimum absolute atomic E-state index is 0.0212. The number of benzene rings is 4. The number of rotatable bonds is 11. The van der Waals surface area contributed by atoms with E-state index < -0.39 is 23.0 Å². The average molecular weight is 729 g/mol. The van der Waals surface area contributed by atoms with Crippen molar-refractivity contribution >= 4 is 74.7 Å². The Kier molecular flexibility index (Phi) is 11.1. The normalized spacial score (nSPS) is 14.4. The van der Waals surface area contributed by atoms with E-state index in [1.165, 1.54) is 49.2 Å². The lowest BCUT2D eigenvalue weighted by Gasteiger charge is -2.16. The van der Waals surface area contributed by atoms with Crippen LogP contribution in [-0.4, -0.2) is 48.6 Å². The van der Waals surface area contributed by atoms with E-state index in [9.17, 15) is 24.0 Å². The molecule has 0 bridgehead atoms. The number of carbonyl (C=O) groups is 5. The largest absolute Gasteiger partial charge is 0.496 e. The van der Waals surface area contributed by atoms with Crippen LogP contribution in [0.15, 0.2) is 112 Å². The summed E-state index contributed by atoms with van der Waals surface area (Å²) in [6, 6.07) is 26.8. The fraction of sp³-hybridized carbons (Fsp3) is 0.139. The highest BCUT2D eigenvalue weighted by Crippen LogP contribution is 2.35. The van der Waals surface area contributed by atoms with Crippen molar-refractivity contribution in [3.8, 4) is 5.75 Å². The van der Waals surface area contributed by atoms with Gasteiger partial charge in [-0.05, 0) is 85.8 Å². The van der Waals surface area contributed by atoms with Gasteiger partial charge in [0.2, 0.25) is 11.8 Å². The van der Waals surface area contributed by atoms with E-state index in [4.69, 9.17) is 9.47 Å². The summed E-state index contributed by atoms with van der Waals surface area (Å²) < 4.78 is 11.2. The van der Waals surface area contributed by atoms with Crippen molar-refractivity contribution in [3.63, 3.8) is 0 Å². The number of halogens is 1. The first-order valence-corrected chi connectivity index (χ1v) is 16.5. The van der Waals surface area contributed by atoms with Crippen LogP contribution < -0.4 is 20.3 Å². The monoisotopic (exact) mass is 727 g/mol. The maximum atomic E-state index is 13.6. The summed E-state index contributed by atoms with van der Waals surface area (Å²) in [6.07, 6.45) is 1.50. The maximum Gasteiger partial charge on any atom is 0.338 e. The number of carbonyl (C=O) groups excluding carboxylic acids is 5. The quantitative estimate of drug-likeness (QED) is 0.102. The van der Waals surface area contributed by atoms with Crippen molar-refractivity contribution in [3.05, 3.63) is 124 Å². The molecule has 1 fully saturated rings. The second-order valence-electron chi connectivity index (χ2n) is 10.4. The van der Waals surface area contributed by atoms with Crippen LogP contribution in [0.3, 0.4) is 0 Å². The Labute approximate surface area is 289 Å². The van der Waals surface area contributed by atoms with Crippen LogP contribution in [0.5, 0.6) is 5.75 Å². The number of amides is 4. The Morgan fingerprint density at radius 1 is 0.938 bits per heavy atom. The Morgan fingerprint density at radius 3 is 2.40 bits per heavy atom. The highest BCUT2D eigenvalue weighted by molar-refractivity contribution is 9.10. The molecule has 0 radical (unpaired) electrons. The summed E-state index contributed by atoms with van der Waals surface area (Å²) in [5.74, 6) is -1.81. The molecule has 1 aliphatic heterocycles. The van der Waals surface area contributed by atoms with Gasteiger partial charge in [0, 0.05) is 32.6 Å². The van der Waals surface area contributed by atoms with E-state index in [0.29, 0.717) is 38.7 Å². The van der Waals surface area contributed by atoms with E-state index in [-0.39, 0.29) is 30.5 Å². The van der Waals surface area contributed by atoms with Gasteiger partial charge in [0.1, 0.15) is 11.4 Å². The molecule has 48 heavy (non-hydrogen) atoms. The SMILES string of the molecule is CCOC(=O)c1ccc(N2C(=O)CC(Sc3cccc(NC(=O)/C(=C/c4cc(Br)ccc4OC)NC(=O)c4ccccc4)c3)C2=O)cc1. The van der Waals surface area contributed by atoms with Crippen molar-refractivity contribution in [2.75, 3.05) is 23.9 Å². The Bertz CT molecular complexity index is 1900. The number of hydrogen-bond acceptors (Lipinski definition) is 8. The summed E-state index contributed by atoms with van der Waals surface area (Å²) >= 11 is 4.63. The number of methoxy groups -OCH3 is 1. The minimum Gasteiger partial charge on any atom is -0.496 e. The molecule has 4 aromatic carbocycles. The fourth-order valence-corrected chi connectivity index (χ4v) is 6.35. The third-order valence-electron chi connectivity index (χ3n) is 7.13. The lowest BCUT2D eigenvalue weighted by molar-refractivity contribution is -0.121. The molecule has 2 N–H and O–H groups in total. The van der Waals surface area contributed by atoms with E-state index in [1.54, 1.807) is 79.7 Å². The van der Waals surface area contributed by atoms with Gasteiger partial charge in [-0.25, -0.2) is 9.69 Å². The third-order valence-corrected chi connectivity index (χ3v) is 8.80. The zero-order valence-electron chi connectivity index (χ0n) is 25.9. The summed E-state index contributed by atoms with van der Waals surface area (Å²) in [5, 5.41) is 4.84. The van der Waals surface area contributed by atoms with Crippen molar-refractivity contribution in [2.24, 2.45) is 0 Å². The van der Waals surface area contributed by atoms with Gasteiger partial charge in [-0.1, -0.05) is 40.2 Å². The predicted molar refractivity (Wildman–Crippen MR) is 187 cm³/mol. The minimum atomic E-state index is -0.696. The molecule has 0 aliphatic carbocycles. The van der Waals surface area contributed by atoms with Crippen LogP contribution in [-0.2, 0) is 19.1 Å². The first kappa shape index (κ1) is 34.1. The maximum absolute atomic E-state index is 13.6. The van der Waals surface area contributed by atoms with Crippen molar-refractivity contribution in [1.82, 2.24) is 5.32 Å². The molecule has 10 nitrogen and oxygen atoms in total. The first-order chi connectivity index (χ1) is 23.2. The summed E-state index contributed by atoms with van der Waals surface area (Å²) in [6.45, 7) is 1.94. The first-order valence-electron chi connectivity index (χ1n) is 14.8. The molecule has 1 aliphatic rings. The Morgan fingerprint density at radius 2 is 1.69 bits per heavy atom. The van der Waals surface area contributed by atoms with Gasteiger partial charge in [-0.2, -0.15) is 0 Å². The van der Waals surface area contributed by atoms with Gasteiger partial charge in [0.25, 0.3) is 11.8 Å². The van der Waals surface area contributed by atoms with Crippen LogP contribution in [0.25, 0.3) is 6.08 Å². The van der Waals surface area contributed by atoms with Gasteiger partial charge in [-0.15, -0.1) is 11.8 Å². The second kappa shape index (κ2) is 15.6. The van der Waals surface area contributed by atoms with Crippen LogP contribution >= 0.6 is 27.7 Å². The van der Waals surface area contributed by atoms with Crippen LogP contribution in [0.4, 0.5) is 11.4 Å². The molecule has 1 saturated heterocycles. The third kappa shape index (κ3) is 8.20. The van der Waals surface area contributed by atoms with E-state index in [1.807, 2.05) is 0 Å². The number of hydrogen-bond donors (Lipinski definition) is 2. The Balaban J connectivity index is 1.33. The molecular formula is C36H30BrN3O7S. The number of anilines is 2. The molecule has 4 amide bonds. The standard InChI is InChI=1S/C36H30BrN3O7S/c1-3-47-36(45)23-12-15-27(16-13-23)40-32(41)21-31(35(40)44)48-28-11-7-10-26(20-28)38-34(43)29(39-33(42)22-8-5-4-6-9-22)19-24-18-25(37)14-17-30(24)46-2/h4-20,31H,3,21H2,1-2H3,(H,38,43)(H,39,42)/b29-19-. The highest BCUT2D eigenvalue weighted by Gasteiger charge is 2.40. The molecule has 244 valence electrons. The summed E-state index contributed by atoms with van der Waals surface area (Å²) in [4.78, 5) is 66.7. The van der Waals surface area contributed by atoms with Crippen molar-refractivity contribution < 1.29 is 33.4 Å². The number of thioether (sulfide) groups is 1. The topological polar surface area (TPSA) is 131 Å². The van der Waals surface area contributed by atoms with Crippen LogP contribution in [0.1, 0.15) is 39.6 Å².